The number of nitrogen functional groups attached to an aromatic ring is 1. The van der Waals surface area contributed by atoms with Gasteiger partial charge in [-0.1, -0.05) is 6.07 Å². The molecule has 14 heteroatoms. The molecule has 4 atom stereocenters. The second kappa shape index (κ2) is 11.7. The van der Waals surface area contributed by atoms with Gasteiger partial charge in [0, 0.05) is 56.2 Å². The van der Waals surface area contributed by atoms with Crippen LogP contribution in [0.3, 0.4) is 0 Å². The summed E-state index contributed by atoms with van der Waals surface area (Å²) in [6, 6.07) is 5.00. The summed E-state index contributed by atoms with van der Waals surface area (Å²) in [5.41, 5.74) is 7.09. The van der Waals surface area contributed by atoms with Gasteiger partial charge >= 0.3 is 6.01 Å². The molecule has 51 heavy (non-hydrogen) atoms. The van der Waals surface area contributed by atoms with Gasteiger partial charge in [0.25, 0.3) is 0 Å². The molecule has 0 saturated carbocycles. The van der Waals surface area contributed by atoms with Crippen molar-refractivity contribution in [3.63, 3.8) is 0 Å². The number of benzene rings is 2. The molecular weight excluding hydrogens is 663 g/mol. The Labute approximate surface area is 292 Å². The molecule has 2 aromatic heterocycles. The first-order chi connectivity index (χ1) is 24.8. The Bertz CT molecular complexity index is 2120. The van der Waals surface area contributed by atoms with Crippen molar-refractivity contribution in [2.45, 2.75) is 69.1 Å². The molecule has 3 unspecified atom stereocenters. The van der Waals surface area contributed by atoms with Crippen molar-refractivity contribution >= 4 is 33.6 Å². The highest BCUT2D eigenvalue weighted by Crippen LogP contribution is 2.48. The summed E-state index contributed by atoms with van der Waals surface area (Å²) < 4.78 is 70.6. The number of alkyl halides is 1. The van der Waals surface area contributed by atoms with Crippen molar-refractivity contribution < 1.29 is 31.8 Å². The fourth-order valence-corrected chi connectivity index (χ4v) is 9.92. The fraction of sp³-hybridized carbons (Fsp3) is 0.541. The molecule has 2 N–H and O–H groups in total. The van der Waals surface area contributed by atoms with Gasteiger partial charge in [0.15, 0.2) is 17.2 Å². The van der Waals surface area contributed by atoms with Crippen molar-refractivity contribution in [2.75, 3.05) is 63.2 Å². The molecule has 266 valence electrons. The molecule has 0 aliphatic carbocycles. The summed E-state index contributed by atoms with van der Waals surface area (Å²) in [5.74, 6) is -0.441. The van der Waals surface area contributed by atoms with Crippen molar-refractivity contribution in [1.82, 2.24) is 19.8 Å². The number of likely N-dealkylation sites (tertiary alicyclic amines) is 1. The van der Waals surface area contributed by atoms with E-state index >= 15 is 8.78 Å². The van der Waals surface area contributed by atoms with E-state index in [2.05, 4.69) is 14.7 Å². The molecule has 8 heterocycles. The number of hydrogen-bond acceptors (Lipinski definition) is 11. The van der Waals surface area contributed by atoms with Crippen LogP contribution in [-0.4, -0.2) is 96.1 Å². The number of furan rings is 1. The van der Waals surface area contributed by atoms with Crippen LogP contribution in [0.2, 0.25) is 0 Å². The number of nitriles is 1. The maximum Gasteiger partial charge on any atom is 0.319 e. The molecule has 10 rings (SSSR count). The lowest BCUT2D eigenvalue weighted by Gasteiger charge is -2.44. The molecule has 5 saturated heterocycles. The van der Waals surface area contributed by atoms with Crippen molar-refractivity contribution in [3.05, 3.63) is 40.5 Å². The third-order valence-corrected chi connectivity index (χ3v) is 12.2. The molecule has 4 aromatic rings. The molecule has 2 aromatic carbocycles. The number of piperazine rings is 1. The van der Waals surface area contributed by atoms with E-state index in [4.69, 9.17) is 34.3 Å². The number of halogens is 3. The molecule has 6 aliphatic rings. The normalized spacial score (nSPS) is 27.7. The minimum Gasteiger partial charge on any atom is -0.461 e. The van der Waals surface area contributed by atoms with Crippen molar-refractivity contribution in [3.8, 4) is 23.2 Å². The Balaban J connectivity index is 1.14. The van der Waals surface area contributed by atoms with E-state index in [1.807, 2.05) is 6.07 Å². The first-order valence-electron chi connectivity index (χ1n) is 18.0. The summed E-state index contributed by atoms with van der Waals surface area (Å²) in [5, 5.41) is 10.7. The Hall–Kier alpha value is -4.16. The molecule has 0 spiro atoms. The van der Waals surface area contributed by atoms with Crippen molar-refractivity contribution in [1.29, 1.82) is 5.26 Å². The van der Waals surface area contributed by atoms with Crippen molar-refractivity contribution in [2.24, 2.45) is 5.92 Å². The van der Waals surface area contributed by atoms with Crippen LogP contribution >= 0.6 is 0 Å². The second-order valence-corrected chi connectivity index (χ2v) is 15.2. The largest absolute Gasteiger partial charge is 0.461 e. The number of anilines is 2. The molecule has 2 bridgehead atoms. The number of rotatable bonds is 7. The van der Waals surface area contributed by atoms with Crippen LogP contribution < -0.4 is 15.4 Å². The van der Waals surface area contributed by atoms with E-state index in [0.717, 1.165) is 70.6 Å². The van der Waals surface area contributed by atoms with E-state index in [1.54, 1.807) is 0 Å². The van der Waals surface area contributed by atoms with E-state index in [1.165, 1.54) is 12.1 Å². The standard InChI is InChI=1S/C37H38F3N7O4/c38-20-8-37(6-1-7-46(37)11-20)18-50-36-43-32-30(35(44-36)47-21-2-3-22(47)13-45(12-21)10-19-14-48-15-19)26-17-49-16-25(26)28(31(32)40)23-4-5-27(39)33-29(23)24(9-41)34(42)51-33/h4-5,19-22H,1-3,6-8,10-18,42H2/t20?,21?,22?,37-/m0/s1. The van der Waals surface area contributed by atoms with E-state index in [0.29, 0.717) is 35.7 Å². The predicted molar refractivity (Wildman–Crippen MR) is 181 cm³/mol. The van der Waals surface area contributed by atoms with Gasteiger partial charge in [0.05, 0.1) is 42.7 Å². The van der Waals surface area contributed by atoms with Gasteiger partial charge in [-0.2, -0.15) is 15.2 Å². The third kappa shape index (κ3) is 4.77. The lowest BCUT2D eigenvalue weighted by atomic mass is 9.90. The van der Waals surface area contributed by atoms with Crippen LogP contribution in [0.5, 0.6) is 6.01 Å². The predicted octanol–water partition coefficient (Wildman–Crippen LogP) is 5.06. The average Bonchev–Trinajstić information content (AvgIpc) is 3.90. The highest BCUT2D eigenvalue weighted by molar-refractivity contribution is 6.05. The van der Waals surface area contributed by atoms with Crippen LogP contribution in [-0.2, 0) is 22.7 Å². The van der Waals surface area contributed by atoms with Gasteiger partial charge in [-0.25, -0.2) is 13.2 Å². The topological polar surface area (TPSA) is 126 Å². The molecule has 6 aliphatic heterocycles. The Kier molecular flexibility index (Phi) is 7.23. The smallest absolute Gasteiger partial charge is 0.319 e. The highest BCUT2D eigenvalue weighted by Gasteiger charge is 2.50. The van der Waals surface area contributed by atoms with Crippen LogP contribution in [0.4, 0.5) is 24.9 Å². The van der Waals surface area contributed by atoms with Crippen LogP contribution in [0, 0.1) is 28.9 Å². The summed E-state index contributed by atoms with van der Waals surface area (Å²) in [4.78, 5) is 16.9. The van der Waals surface area contributed by atoms with Crippen LogP contribution in [0.1, 0.15) is 48.8 Å². The van der Waals surface area contributed by atoms with E-state index in [-0.39, 0.29) is 77.0 Å². The average molecular weight is 702 g/mol. The molecule has 11 nitrogen and oxygen atoms in total. The fourth-order valence-electron chi connectivity index (χ4n) is 9.92. The van der Waals surface area contributed by atoms with Gasteiger partial charge in [-0.05, 0) is 55.0 Å². The minimum atomic E-state index is -0.925. The molecule has 5 fully saturated rings. The quantitative estimate of drug-likeness (QED) is 0.278. The van der Waals surface area contributed by atoms with Crippen LogP contribution in [0.15, 0.2) is 16.5 Å². The highest BCUT2D eigenvalue weighted by atomic mass is 19.1. The second-order valence-electron chi connectivity index (χ2n) is 15.2. The van der Waals surface area contributed by atoms with Gasteiger partial charge in [-0.15, -0.1) is 0 Å². The van der Waals surface area contributed by atoms with Crippen LogP contribution in [0.25, 0.3) is 33.0 Å². The number of fused-ring (bicyclic) bond motifs is 7. The zero-order chi connectivity index (χ0) is 34.6. The van der Waals surface area contributed by atoms with E-state index in [9.17, 15) is 9.65 Å². The first-order valence-corrected chi connectivity index (χ1v) is 18.0. The monoisotopic (exact) mass is 701 g/mol. The van der Waals surface area contributed by atoms with Gasteiger partial charge in [0.1, 0.15) is 35.7 Å². The minimum absolute atomic E-state index is 0.0349. The molecule has 0 amide bonds. The first kappa shape index (κ1) is 31.6. The van der Waals surface area contributed by atoms with Gasteiger partial charge < -0.3 is 29.3 Å². The molecule has 0 radical (unpaired) electrons. The lowest BCUT2D eigenvalue weighted by Crippen LogP contribution is -2.56. The number of nitrogens with zero attached hydrogens (tertiary/aromatic N) is 6. The number of ether oxygens (including phenoxy) is 3. The van der Waals surface area contributed by atoms with E-state index < -0.39 is 23.3 Å². The zero-order valence-electron chi connectivity index (χ0n) is 28.1. The third-order valence-electron chi connectivity index (χ3n) is 12.2. The summed E-state index contributed by atoms with van der Waals surface area (Å²) >= 11 is 0. The molecular formula is C37H38F3N7O4. The summed E-state index contributed by atoms with van der Waals surface area (Å²) in [6.07, 6.45) is 3.18. The Morgan fingerprint density at radius 1 is 1.04 bits per heavy atom. The lowest BCUT2D eigenvalue weighted by molar-refractivity contribution is -0.0484. The van der Waals surface area contributed by atoms with Gasteiger partial charge in [-0.3, -0.25) is 9.80 Å². The number of aromatic nitrogens is 2. The summed E-state index contributed by atoms with van der Waals surface area (Å²) in [7, 11) is 0. The Morgan fingerprint density at radius 2 is 1.84 bits per heavy atom. The number of nitrogens with two attached hydrogens (primary N) is 1. The Morgan fingerprint density at radius 3 is 2.61 bits per heavy atom. The maximum atomic E-state index is 17.5. The maximum absolute atomic E-state index is 17.5. The summed E-state index contributed by atoms with van der Waals surface area (Å²) in [6.45, 7) is 6.00. The zero-order valence-corrected chi connectivity index (χ0v) is 28.1. The SMILES string of the molecule is N#Cc1c(N)oc2c(F)ccc(-c3c4c(c5c(N6C7CCC6CN(CC6COC6)C7)nc(OC[C@@]67CCCN6CC(F)C7)nc5c3F)COC4)c12. The van der Waals surface area contributed by atoms with Gasteiger partial charge in [0.2, 0.25) is 5.88 Å². The number of hydrogen-bond donors (Lipinski definition) is 1.